The first-order valence-electron chi connectivity index (χ1n) is 5.44. The summed E-state index contributed by atoms with van der Waals surface area (Å²) in [5, 5.41) is 10.9. The van der Waals surface area contributed by atoms with E-state index in [1.165, 1.54) is 13.0 Å². The maximum absolute atomic E-state index is 11.9. The molecule has 1 aromatic carbocycles. The molecular formula is C10H15Cl2N3O4S. The third-order valence-corrected chi connectivity index (χ3v) is 4.30. The van der Waals surface area contributed by atoms with E-state index in [-0.39, 0.29) is 40.1 Å². The fraction of sp³-hybridized carbons (Fsp3) is 0.400. The summed E-state index contributed by atoms with van der Waals surface area (Å²) in [6.45, 7) is 1.97. The number of rotatable bonds is 6. The molecule has 10 heteroatoms. The van der Waals surface area contributed by atoms with Crippen LogP contribution in [0, 0.1) is 17.0 Å². The maximum atomic E-state index is 11.9. The van der Waals surface area contributed by atoms with Crippen molar-refractivity contribution >= 4 is 39.7 Å². The molecule has 0 saturated heterocycles. The molecule has 0 aliphatic heterocycles. The van der Waals surface area contributed by atoms with Crippen molar-refractivity contribution in [2.75, 3.05) is 13.1 Å². The molecule has 0 atom stereocenters. The zero-order valence-corrected chi connectivity index (χ0v) is 13.0. The lowest BCUT2D eigenvalue weighted by atomic mass is 10.2. The molecule has 0 heterocycles. The first kappa shape index (κ1) is 19.1. The summed E-state index contributed by atoms with van der Waals surface area (Å²) in [6.07, 6.45) is 0.473. The number of hydrogen-bond acceptors (Lipinski definition) is 5. The Morgan fingerprint density at radius 2 is 2.05 bits per heavy atom. The summed E-state index contributed by atoms with van der Waals surface area (Å²) in [5.74, 6) is 0. The number of nitrogens with two attached hydrogens (primary N) is 1. The summed E-state index contributed by atoms with van der Waals surface area (Å²) in [4.78, 5) is 9.93. The van der Waals surface area contributed by atoms with Gasteiger partial charge in [0.1, 0.15) is 0 Å². The zero-order chi connectivity index (χ0) is 14.6. The van der Waals surface area contributed by atoms with Gasteiger partial charge in [-0.15, -0.1) is 12.4 Å². The lowest BCUT2D eigenvalue weighted by Gasteiger charge is -2.08. The Labute approximate surface area is 128 Å². The van der Waals surface area contributed by atoms with E-state index in [4.69, 9.17) is 17.3 Å². The molecule has 0 fully saturated rings. The Kier molecular flexibility index (Phi) is 7.39. The molecule has 3 N–H and O–H groups in total. The molecule has 0 spiro atoms. The van der Waals surface area contributed by atoms with Gasteiger partial charge in [-0.2, -0.15) is 0 Å². The molecule has 0 saturated carbocycles. The number of sulfonamides is 1. The minimum atomic E-state index is -3.82. The maximum Gasteiger partial charge on any atom is 0.275 e. The molecule has 0 bridgehead atoms. The second-order valence-corrected chi connectivity index (χ2v) is 6.02. The van der Waals surface area contributed by atoms with Crippen LogP contribution in [-0.2, 0) is 10.0 Å². The van der Waals surface area contributed by atoms with Gasteiger partial charge in [-0.1, -0.05) is 11.6 Å². The lowest BCUT2D eigenvalue weighted by molar-refractivity contribution is -0.385. The summed E-state index contributed by atoms with van der Waals surface area (Å²) in [7, 11) is -3.82. The minimum absolute atomic E-state index is 0. The van der Waals surface area contributed by atoms with Gasteiger partial charge < -0.3 is 5.73 Å². The fourth-order valence-corrected chi connectivity index (χ4v) is 2.78. The highest BCUT2D eigenvalue weighted by Crippen LogP contribution is 2.29. The standard InChI is InChI=1S/C10H14ClN3O4S.ClH/c1-7-9(11)5-8(6-10(7)14(15)16)19(17,18)13-4-2-3-12;/h5-6,13H,2-4,12H2,1H3;1H. The number of benzene rings is 1. The van der Waals surface area contributed by atoms with Gasteiger partial charge in [0.05, 0.1) is 14.8 Å². The molecule has 0 amide bonds. The van der Waals surface area contributed by atoms with Crippen LogP contribution in [-0.4, -0.2) is 26.4 Å². The smallest absolute Gasteiger partial charge is 0.275 e. The summed E-state index contributed by atoms with van der Waals surface area (Å²) in [6, 6.07) is 2.18. The highest BCUT2D eigenvalue weighted by atomic mass is 35.5. The van der Waals surface area contributed by atoms with Gasteiger partial charge >= 0.3 is 0 Å². The van der Waals surface area contributed by atoms with Crippen molar-refractivity contribution < 1.29 is 13.3 Å². The lowest BCUT2D eigenvalue weighted by Crippen LogP contribution is -2.26. The molecule has 1 rings (SSSR count). The van der Waals surface area contributed by atoms with E-state index >= 15 is 0 Å². The first-order valence-corrected chi connectivity index (χ1v) is 7.30. The van der Waals surface area contributed by atoms with Crippen LogP contribution in [0.15, 0.2) is 17.0 Å². The van der Waals surface area contributed by atoms with Crippen LogP contribution in [0.5, 0.6) is 0 Å². The summed E-state index contributed by atoms with van der Waals surface area (Å²) < 4.78 is 26.1. The number of halogens is 2. The van der Waals surface area contributed by atoms with Crippen LogP contribution < -0.4 is 10.5 Å². The van der Waals surface area contributed by atoms with Gasteiger partial charge in [0.25, 0.3) is 5.69 Å². The Morgan fingerprint density at radius 1 is 1.45 bits per heavy atom. The minimum Gasteiger partial charge on any atom is -0.330 e. The number of hydrogen-bond donors (Lipinski definition) is 2. The molecule has 0 aliphatic rings. The third kappa shape index (κ3) is 4.57. The van der Waals surface area contributed by atoms with Crippen LogP contribution in [0.4, 0.5) is 5.69 Å². The van der Waals surface area contributed by atoms with E-state index in [0.717, 1.165) is 6.07 Å². The molecule has 1 aromatic rings. The van der Waals surface area contributed by atoms with Crippen molar-refractivity contribution in [3.8, 4) is 0 Å². The predicted molar refractivity (Wildman–Crippen MR) is 79.0 cm³/mol. The van der Waals surface area contributed by atoms with Crippen LogP contribution in [0.1, 0.15) is 12.0 Å². The van der Waals surface area contributed by atoms with Crippen molar-refractivity contribution in [1.82, 2.24) is 4.72 Å². The molecule has 0 aromatic heterocycles. The molecule has 0 aliphatic carbocycles. The SMILES string of the molecule is Cc1c(Cl)cc(S(=O)(=O)NCCCN)cc1[N+](=O)[O-].Cl. The van der Waals surface area contributed by atoms with Gasteiger partial charge in [-0.3, -0.25) is 10.1 Å². The molecule has 114 valence electrons. The predicted octanol–water partition coefficient (Wildman–Crippen LogP) is 1.61. The van der Waals surface area contributed by atoms with Gasteiger partial charge in [0.2, 0.25) is 10.0 Å². The molecule has 0 unspecified atom stereocenters. The highest BCUT2D eigenvalue weighted by Gasteiger charge is 2.21. The van der Waals surface area contributed by atoms with Crippen molar-refractivity contribution in [2.45, 2.75) is 18.2 Å². The van der Waals surface area contributed by atoms with E-state index in [1.807, 2.05) is 0 Å². The fourth-order valence-electron chi connectivity index (χ4n) is 1.38. The number of nitro benzene ring substituents is 1. The Hall–Kier alpha value is -0.930. The third-order valence-electron chi connectivity index (χ3n) is 2.47. The summed E-state index contributed by atoms with van der Waals surface area (Å²) >= 11 is 5.81. The number of nitrogens with zero attached hydrogens (tertiary/aromatic N) is 1. The number of nitro groups is 1. The van der Waals surface area contributed by atoms with Crippen LogP contribution in [0.2, 0.25) is 5.02 Å². The van der Waals surface area contributed by atoms with Gasteiger partial charge in [0, 0.05) is 18.2 Å². The van der Waals surface area contributed by atoms with Gasteiger partial charge in [-0.25, -0.2) is 13.1 Å². The zero-order valence-electron chi connectivity index (χ0n) is 10.6. The van der Waals surface area contributed by atoms with Gasteiger partial charge in [-0.05, 0) is 26.0 Å². The van der Waals surface area contributed by atoms with Crippen molar-refractivity contribution in [3.05, 3.63) is 32.8 Å². The number of nitrogens with one attached hydrogen (secondary N) is 1. The second-order valence-electron chi connectivity index (χ2n) is 3.85. The first-order chi connectivity index (χ1) is 8.79. The average molecular weight is 344 g/mol. The Morgan fingerprint density at radius 3 is 2.55 bits per heavy atom. The largest absolute Gasteiger partial charge is 0.330 e. The van der Waals surface area contributed by atoms with E-state index in [9.17, 15) is 18.5 Å². The molecular weight excluding hydrogens is 329 g/mol. The van der Waals surface area contributed by atoms with Crippen LogP contribution in [0.3, 0.4) is 0 Å². The summed E-state index contributed by atoms with van der Waals surface area (Å²) in [5.41, 5.74) is 5.16. The quantitative estimate of drug-likeness (QED) is 0.462. The highest BCUT2D eigenvalue weighted by molar-refractivity contribution is 7.89. The van der Waals surface area contributed by atoms with E-state index in [2.05, 4.69) is 4.72 Å². The topological polar surface area (TPSA) is 115 Å². The average Bonchev–Trinajstić information content (AvgIpc) is 2.32. The molecule has 0 radical (unpaired) electrons. The normalized spacial score (nSPS) is 10.9. The van der Waals surface area contributed by atoms with Crippen LogP contribution >= 0.6 is 24.0 Å². The van der Waals surface area contributed by atoms with Crippen molar-refractivity contribution in [2.24, 2.45) is 5.73 Å². The molecule has 20 heavy (non-hydrogen) atoms. The van der Waals surface area contributed by atoms with Gasteiger partial charge in [0.15, 0.2) is 0 Å². The van der Waals surface area contributed by atoms with Crippen molar-refractivity contribution in [3.63, 3.8) is 0 Å². The van der Waals surface area contributed by atoms with E-state index in [1.54, 1.807) is 0 Å². The van der Waals surface area contributed by atoms with E-state index in [0.29, 0.717) is 13.0 Å². The van der Waals surface area contributed by atoms with Crippen LogP contribution in [0.25, 0.3) is 0 Å². The molecule has 7 nitrogen and oxygen atoms in total. The Balaban J connectivity index is 0.00000361. The van der Waals surface area contributed by atoms with E-state index < -0.39 is 14.9 Å². The monoisotopic (exact) mass is 343 g/mol. The van der Waals surface area contributed by atoms with Crippen molar-refractivity contribution in [1.29, 1.82) is 0 Å². The Bertz CT molecular complexity index is 592. The second kappa shape index (κ2) is 7.75.